The predicted octanol–water partition coefficient (Wildman–Crippen LogP) is -0.987. The number of hydrogen-bond donors (Lipinski definition) is 2. The molecule has 0 bridgehead atoms. The summed E-state index contributed by atoms with van der Waals surface area (Å²) in [4.78, 5) is 20.5. The lowest BCUT2D eigenvalue weighted by Crippen LogP contribution is -2.29. The summed E-state index contributed by atoms with van der Waals surface area (Å²) in [6, 6.07) is -0.580. The Morgan fingerprint density at radius 2 is 2.42 bits per heavy atom. The molecule has 0 heterocycles. The first kappa shape index (κ1) is 10.9. The highest BCUT2D eigenvalue weighted by Gasteiger charge is 2.06. The Balaban J connectivity index is 3.19. The standard InChI is InChI=1S/C7H14N2O3/c1-6(8)7(11)12-4-2-3-9-5-10/h5-6H,2-4,8H2,1H3,(H,9,10)/t6-/m0/s1. The number of nitrogens with two attached hydrogens (primary N) is 1. The Labute approximate surface area is 71.3 Å². The Hall–Kier alpha value is -1.10. The number of esters is 1. The number of carbonyl (C=O) groups excluding carboxylic acids is 2. The van der Waals surface area contributed by atoms with Crippen LogP contribution in [0.25, 0.3) is 0 Å². The zero-order valence-corrected chi connectivity index (χ0v) is 7.08. The number of nitrogens with one attached hydrogen (secondary N) is 1. The fourth-order valence-corrected chi connectivity index (χ4v) is 0.537. The van der Waals surface area contributed by atoms with Crippen molar-refractivity contribution in [3.8, 4) is 0 Å². The van der Waals surface area contributed by atoms with E-state index in [1.165, 1.54) is 0 Å². The van der Waals surface area contributed by atoms with E-state index in [9.17, 15) is 9.59 Å². The Morgan fingerprint density at radius 1 is 1.75 bits per heavy atom. The van der Waals surface area contributed by atoms with Gasteiger partial charge in [0.1, 0.15) is 6.04 Å². The first-order valence-electron chi connectivity index (χ1n) is 3.77. The lowest BCUT2D eigenvalue weighted by atomic mass is 10.4. The minimum absolute atomic E-state index is 0.293. The molecule has 0 spiro atoms. The van der Waals surface area contributed by atoms with Gasteiger partial charge < -0.3 is 15.8 Å². The van der Waals surface area contributed by atoms with Gasteiger partial charge in [-0.05, 0) is 13.3 Å². The van der Waals surface area contributed by atoms with Crippen molar-refractivity contribution in [3.05, 3.63) is 0 Å². The third-order valence-corrected chi connectivity index (χ3v) is 1.16. The van der Waals surface area contributed by atoms with Crippen LogP contribution in [0.4, 0.5) is 0 Å². The van der Waals surface area contributed by atoms with E-state index in [0.29, 0.717) is 26.0 Å². The van der Waals surface area contributed by atoms with Crippen molar-refractivity contribution >= 4 is 12.4 Å². The molecule has 0 aromatic rings. The van der Waals surface area contributed by atoms with Crippen LogP contribution < -0.4 is 11.1 Å². The van der Waals surface area contributed by atoms with E-state index < -0.39 is 12.0 Å². The molecule has 3 N–H and O–H groups in total. The van der Waals surface area contributed by atoms with Crippen LogP contribution in [0.2, 0.25) is 0 Å². The molecule has 5 nitrogen and oxygen atoms in total. The van der Waals surface area contributed by atoms with E-state index in [-0.39, 0.29) is 0 Å². The topological polar surface area (TPSA) is 81.4 Å². The van der Waals surface area contributed by atoms with Crippen molar-refractivity contribution in [2.24, 2.45) is 5.73 Å². The van der Waals surface area contributed by atoms with Gasteiger partial charge in [-0.1, -0.05) is 0 Å². The second-order valence-corrected chi connectivity index (χ2v) is 2.38. The van der Waals surface area contributed by atoms with Gasteiger partial charge in [0.2, 0.25) is 6.41 Å². The smallest absolute Gasteiger partial charge is 0.322 e. The van der Waals surface area contributed by atoms with Gasteiger partial charge in [0.25, 0.3) is 0 Å². The highest BCUT2D eigenvalue weighted by atomic mass is 16.5. The maximum absolute atomic E-state index is 10.7. The van der Waals surface area contributed by atoms with Gasteiger partial charge in [-0.3, -0.25) is 9.59 Å². The molecule has 1 amide bonds. The lowest BCUT2D eigenvalue weighted by molar-refractivity contribution is -0.144. The monoisotopic (exact) mass is 174 g/mol. The zero-order valence-electron chi connectivity index (χ0n) is 7.08. The first-order valence-corrected chi connectivity index (χ1v) is 3.77. The maximum Gasteiger partial charge on any atom is 0.322 e. The molecule has 0 aliphatic heterocycles. The largest absolute Gasteiger partial charge is 0.464 e. The van der Waals surface area contributed by atoms with Gasteiger partial charge in [0.15, 0.2) is 0 Å². The molecule has 0 aromatic carbocycles. The van der Waals surface area contributed by atoms with E-state index in [0.717, 1.165) is 0 Å². The maximum atomic E-state index is 10.7. The van der Waals surface area contributed by atoms with Gasteiger partial charge >= 0.3 is 5.97 Å². The summed E-state index contributed by atoms with van der Waals surface area (Å²) < 4.78 is 4.73. The van der Waals surface area contributed by atoms with Crippen molar-refractivity contribution < 1.29 is 14.3 Å². The predicted molar refractivity (Wildman–Crippen MR) is 43.3 cm³/mol. The van der Waals surface area contributed by atoms with Crippen LogP contribution in [0.15, 0.2) is 0 Å². The number of ether oxygens (including phenoxy) is 1. The van der Waals surface area contributed by atoms with Crippen molar-refractivity contribution in [2.75, 3.05) is 13.2 Å². The molecule has 0 aliphatic carbocycles. The molecule has 0 aromatic heterocycles. The molecule has 0 fully saturated rings. The zero-order chi connectivity index (χ0) is 9.40. The van der Waals surface area contributed by atoms with E-state index in [4.69, 9.17) is 10.5 Å². The van der Waals surface area contributed by atoms with Crippen LogP contribution in [-0.2, 0) is 14.3 Å². The molecule has 0 aliphatic rings. The van der Waals surface area contributed by atoms with E-state index in [2.05, 4.69) is 5.32 Å². The molecule has 0 unspecified atom stereocenters. The minimum Gasteiger partial charge on any atom is -0.464 e. The van der Waals surface area contributed by atoms with Gasteiger partial charge in [0.05, 0.1) is 6.61 Å². The third-order valence-electron chi connectivity index (χ3n) is 1.16. The molecule has 0 saturated carbocycles. The molecule has 5 heteroatoms. The molecule has 12 heavy (non-hydrogen) atoms. The van der Waals surface area contributed by atoms with Crippen molar-refractivity contribution in [1.82, 2.24) is 5.32 Å². The summed E-state index contributed by atoms with van der Waals surface area (Å²) in [6.07, 6.45) is 1.21. The molecular formula is C7H14N2O3. The Bertz CT molecular complexity index is 148. The van der Waals surface area contributed by atoms with Crippen LogP contribution >= 0.6 is 0 Å². The molecule has 0 rings (SSSR count). The van der Waals surface area contributed by atoms with Crippen molar-refractivity contribution in [1.29, 1.82) is 0 Å². The van der Waals surface area contributed by atoms with Gasteiger partial charge in [-0.15, -0.1) is 0 Å². The fourth-order valence-electron chi connectivity index (χ4n) is 0.537. The second kappa shape index (κ2) is 6.60. The average Bonchev–Trinajstić information content (AvgIpc) is 2.03. The molecule has 0 saturated heterocycles. The Kier molecular flexibility index (Phi) is 6.00. The minimum atomic E-state index is -0.580. The summed E-state index contributed by atoms with van der Waals surface area (Å²) in [6.45, 7) is 2.36. The summed E-state index contributed by atoms with van der Waals surface area (Å²) >= 11 is 0. The van der Waals surface area contributed by atoms with E-state index >= 15 is 0 Å². The molecular weight excluding hydrogens is 160 g/mol. The lowest BCUT2D eigenvalue weighted by Gasteiger charge is -2.05. The summed E-state index contributed by atoms with van der Waals surface area (Å²) in [7, 11) is 0. The summed E-state index contributed by atoms with van der Waals surface area (Å²) in [5.74, 6) is -0.416. The van der Waals surface area contributed by atoms with Gasteiger partial charge in [0, 0.05) is 6.54 Å². The SMILES string of the molecule is C[C@H](N)C(=O)OCCCNC=O. The number of rotatable bonds is 6. The Morgan fingerprint density at radius 3 is 2.92 bits per heavy atom. The second-order valence-electron chi connectivity index (χ2n) is 2.38. The van der Waals surface area contributed by atoms with E-state index in [1.54, 1.807) is 6.92 Å². The molecule has 1 atom stereocenters. The number of carbonyl (C=O) groups is 2. The quantitative estimate of drug-likeness (QED) is 0.308. The average molecular weight is 174 g/mol. The highest BCUT2D eigenvalue weighted by Crippen LogP contribution is 1.85. The van der Waals surface area contributed by atoms with Crippen molar-refractivity contribution in [2.45, 2.75) is 19.4 Å². The first-order chi connectivity index (χ1) is 5.68. The van der Waals surface area contributed by atoms with Crippen molar-refractivity contribution in [3.63, 3.8) is 0 Å². The van der Waals surface area contributed by atoms with Gasteiger partial charge in [-0.25, -0.2) is 0 Å². The molecule has 0 radical (unpaired) electrons. The normalized spacial score (nSPS) is 11.8. The highest BCUT2D eigenvalue weighted by molar-refractivity contribution is 5.74. The third kappa shape index (κ3) is 5.67. The van der Waals surface area contributed by atoms with E-state index in [1.807, 2.05) is 0 Å². The van der Waals surface area contributed by atoms with Gasteiger partial charge in [-0.2, -0.15) is 0 Å². The van der Waals surface area contributed by atoms with Crippen LogP contribution in [0.5, 0.6) is 0 Å². The summed E-state index contributed by atoms with van der Waals surface area (Å²) in [5.41, 5.74) is 5.23. The summed E-state index contributed by atoms with van der Waals surface area (Å²) in [5, 5.41) is 2.45. The van der Waals surface area contributed by atoms with Crippen LogP contribution in [0, 0.1) is 0 Å². The van der Waals surface area contributed by atoms with Crippen LogP contribution in [0.3, 0.4) is 0 Å². The van der Waals surface area contributed by atoms with Crippen LogP contribution in [0.1, 0.15) is 13.3 Å². The number of amides is 1. The molecule has 70 valence electrons. The fraction of sp³-hybridized carbons (Fsp3) is 0.714. The number of hydrogen-bond acceptors (Lipinski definition) is 4. The van der Waals surface area contributed by atoms with Crippen LogP contribution in [-0.4, -0.2) is 31.6 Å².